The van der Waals surface area contributed by atoms with Crippen molar-refractivity contribution in [3.8, 4) is 0 Å². The lowest BCUT2D eigenvalue weighted by Gasteiger charge is -2.10. The van der Waals surface area contributed by atoms with Crippen LogP contribution in [0.3, 0.4) is 0 Å². The van der Waals surface area contributed by atoms with Gasteiger partial charge in [0.15, 0.2) is 0 Å². The van der Waals surface area contributed by atoms with Gasteiger partial charge in [0.05, 0.1) is 6.61 Å². The van der Waals surface area contributed by atoms with Gasteiger partial charge < -0.3 is 10.5 Å². The van der Waals surface area contributed by atoms with E-state index in [-0.39, 0.29) is 6.04 Å². The molecular formula is C9H21NO2S. The summed E-state index contributed by atoms with van der Waals surface area (Å²) in [4.78, 5) is 0. The second-order valence-corrected chi connectivity index (χ2v) is 5.33. The molecule has 0 aliphatic rings. The molecule has 0 spiro atoms. The maximum atomic E-state index is 11.4. The summed E-state index contributed by atoms with van der Waals surface area (Å²) >= 11 is 0. The SMILES string of the molecule is COCC(N)CS(=O)CCC(C)C. The Hall–Kier alpha value is 0.0700. The van der Waals surface area contributed by atoms with E-state index in [9.17, 15) is 4.21 Å². The number of rotatable bonds is 7. The van der Waals surface area contributed by atoms with Gasteiger partial charge in [-0.15, -0.1) is 0 Å². The predicted octanol–water partition coefficient (Wildman–Crippen LogP) is 0.755. The van der Waals surface area contributed by atoms with E-state index in [1.54, 1.807) is 7.11 Å². The normalized spacial score (nSPS) is 16.1. The van der Waals surface area contributed by atoms with Gasteiger partial charge in [0.1, 0.15) is 0 Å². The third kappa shape index (κ3) is 8.40. The Bertz CT molecular complexity index is 151. The van der Waals surface area contributed by atoms with E-state index in [4.69, 9.17) is 10.5 Å². The molecule has 0 aromatic carbocycles. The first-order chi connectivity index (χ1) is 6.06. The molecule has 0 heterocycles. The first-order valence-electron chi connectivity index (χ1n) is 4.65. The molecule has 0 radical (unpaired) electrons. The fourth-order valence-corrected chi connectivity index (χ4v) is 2.43. The molecule has 0 aromatic heterocycles. The molecule has 0 aliphatic carbocycles. The summed E-state index contributed by atoms with van der Waals surface area (Å²) in [6.07, 6.45) is 1.01. The van der Waals surface area contributed by atoms with E-state index in [0.29, 0.717) is 18.3 Å². The lowest BCUT2D eigenvalue weighted by molar-refractivity contribution is 0.186. The van der Waals surface area contributed by atoms with Crippen LogP contribution in [-0.4, -0.2) is 35.5 Å². The fraction of sp³-hybridized carbons (Fsp3) is 1.00. The summed E-state index contributed by atoms with van der Waals surface area (Å²) in [6.45, 7) is 4.76. The van der Waals surface area contributed by atoms with Gasteiger partial charge in [0.2, 0.25) is 0 Å². The van der Waals surface area contributed by atoms with Crippen molar-refractivity contribution in [3.05, 3.63) is 0 Å². The molecule has 0 bridgehead atoms. The number of hydrogen-bond acceptors (Lipinski definition) is 3. The van der Waals surface area contributed by atoms with Gasteiger partial charge in [-0.25, -0.2) is 0 Å². The minimum Gasteiger partial charge on any atom is -0.383 e. The van der Waals surface area contributed by atoms with Crippen LogP contribution in [0.2, 0.25) is 0 Å². The first kappa shape index (κ1) is 13.1. The van der Waals surface area contributed by atoms with E-state index in [2.05, 4.69) is 13.8 Å². The fourth-order valence-electron chi connectivity index (χ4n) is 0.951. The summed E-state index contributed by atoms with van der Waals surface area (Å²) in [6, 6.07) is -0.0852. The van der Waals surface area contributed by atoms with E-state index < -0.39 is 10.8 Å². The molecular weight excluding hydrogens is 186 g/mol. The van der Waals surface area contributed by atoms with Crippen molar-refractivity contribution in [1.29, 1.82) is 0 Å². The van der Waals surface area contributed by atoms with Crippen molar-refractivity contribution in [1.82, 2.24) is 0 Å². The molecule has 2 N–H and O–H groups in total. The van der Waals surface area contributed by atoms with E-state index >= 15 is 0 Å². The second-order valence-electron chi connectivity index (χ2n) is 3.71. The zero-order valence-electron chi connectivity index (χ0n) is 8.79. The van der Waals surface area contributed by atoms with Crippen LogP contribution in [0.4, 0.5) is 0 Å². The van der Waals surface area contributed by atoms with Crippen LogP contribution >= 0.6 is 0 Å². The number of nitrogens with two attached hydrogens (primary N) is 1. The van der Waals surface area contributed by atoms with Crippen LogP contribution in [0.1, 0.15) is 20.3 Å². The zero-order valence-corrected chi connectivity index (χ0v) is 9.60. The van der Waals surface area contributed by atoms with Crippen molar-refractivity contribution in [3.63, 3.8) is 0 Å². The van der Waals surface area contributed by atoms with Crippen LogP contribution in [0.25, 0.3) is 0 Å². The van der Waals surface area contributed by atoms with Crippen LogP contribution in [0.5, 0.6) is 0 Å². The Morgan fingerprint density at radius 2 is 2.08 bits per heavy atom. The van der Waals surface area contributed by atoms with Crippen molar-refractivity contribution < 1.29 is 8.95 Å². The van der Waals surface area contributed by atoms with Gasteiger partial charge in [-0.2, -0.15) is 0 Å². The summed E-state index contributed by atoms with van der Waals surface area (Å²) in [5.41, 5.74) is 5.67. The summed E-state index contributed by atoms with van der Waals surface area (Å²) < 4.78 is 16.3. The van der Waals surface area contributed by atoms with Gasteiger partial charge in [-0.1, -0.05) is 13.8 Å². The Balaban J connectivity index is 3.50. The van der Waals surface area contributed by atoms with Crippen molar-refractivity contribution in [2.24, 2.45) is 11.7 Å². The summed E-state index contributed by atoms with van der Waals surface area (Å²) in [7, 11) is 0.831. The van der Waals surface area contributed by atoms with Gasteiger partial charge in [-0.05, 0) is 12.3 Å². The molecule has 2 unspecified atom stereocenters. The molecule has 0 saturated carbocycles. The maximum absolute atomic E-state index is 11.4. The van der Waals surface area contributed by atoms with Gasteiger partial charge in [0.25, 0.3) is 0 Å². The third-order valence-electron chi connectivity index (χ3n) is 1.70. The topological polar surface area (TPSA) is 52.3 Å². The number of hydrogen-bond donors (Lipinski definition) is 1. The van der Waals surface area contributed by atoms with Crippen molar-refractivity contribution >= 4 is 10.8 Å². The lowest BCUT2D eigenvalue weighted by Crippen LogP contribution is -2.32. The summed E-state index contributed by atoms with van der Waals surface area (Å²) in [5, 5.41) is 0. The van der Waals surface area contributed by atoms with Crippen LogP contribution in [-0.2, 0) is 15.5 Å². The largest absolute Gasteiger partial charge is 0.383 e. The Morgan fingerprint density at radius 3 is 2.54 bits per heavy atom. The minimum absolute atomic E-state index is 0.0852. The van der Waals surface area contributed by atoms with E-state index in [1.807, 2.05) is 0 Å². The molecule has 0 aliphatic heterocycles. The third-order valence-corrected chi connectivity index (χ3v) is 3.19. The van der Waals surface area contributed by atoms with Crippen molar-refractivity contribution in [2.45, 2.75) is 26.3 Å². The van der Waals surface area contributed by atoms with Crippen LogP contribution in [0, 0.1) is 5.92 Å². The second kappa shape index (κ2) is 7.47. The van der Waals surface area contributed by atoms with Crippen LogP contribution < -0.4 is 5.73 Å². The van der Waals surface area contributed by atoms with Crippen molar-refractivity contribution in [2.75, 3.05) is 25.2 Å². The lowest BCUT2D eigenvalue weighted by atomic mass is 10.2. The monoisotopic (exact) mass is 207 g/mol. The molecule has 3 nitrogen and oxygen atoms in total. The molecule has 0 saturated heterocycles. The average Bonchev–Trinajstić information content (AvgIpc) is 2.01. The molecule has 2 atom stereocenters. The van der Waals surface area contributed by atoms with Gasteiger partial charge >= 0.3 is 0 Å². The molecule has 13 heavy (non-hydrogen) atoms. The van der Waals surface area contributed by atoms with Gasteiger partial charge in [-0.3, -0.25) is 4.21 Å². The van der Waals surface area contributed by atoms with E-state index in [1.165, 1.54) is 0 Å². The number of ether oxygens (including phenoxy) is 1. The maximum Gasteiger partial charge on any atom is 0.0622 e. The summed E-state index contributed by atoms with van der Waals surface area (Å²) in [5.74, 6) is 1.93. The average molecular weight is 207 g/mol. The molecule has 80 valence electrons. The highest BCUT2D eigenvalue weighted by atomic mass is 32.2. The molecule has 0 aromatic rings. The molecule has 0 amide bonds. The molecule has 4 heteroatoms. The smallest absolute Gasteiger partial charge is 0.0622 e. The highest BCUT2D eigenvalue weighted by molar-refractivity contribution is 7.85. The molecule has 0 rings (SSSR count). The van der Waals surface area contributed by atoms with E-state index in [0.717, 1.165) is 12.2 Å². The quantitative estimate of drug-likeness (QED) is 0.670. The Labute approximate surface area is 83.5 Å². The first-order valence-corrected chi connectivity index (χ1v) is 6.14. The molecule has 0 fully saturated rings. The van der Waals surface area contributed by atoms with Crippen LogP contribution in [0.15, 0.2) is 0 Å². The highest BCUT2D eigenvalue weighted by Gasteiger charge is 2.08. The minimum atomic E-state index is -0.777. The Morgan fingerprint density at radius 1 is 1.46 bits per heavy atom. The zero-order chi connectivity index (χ0) is 10.3. The highest BCUT2D eigenvalue weighted by Crippen LogP contribution is 2.01. The van der Waals surface area contributed by atoms with Gasteiger partial charge in [0, 0.05) is 35.5 Å². The standard InChI is InChI=1S/C9H21NO2S/c1-8(2)4-5-13(11)7-9(10)6-12-3/h8-9H,4-7,10H2,1-3H3. The number of methoxy groups -OCH3 is 1. The Kier molecular flexibility index (Phi) is 7.51. The predicted molar refractivity (Wildman–Crippen MR) is 57.2 cm³/mol.